The van der Waals surface area contributed by atoms with Gasteiger partial charge in [0.05, 0.1) is 0 Å². The number of benzene rings is 2. The van der Waals surface area contributed by atoms with Gasteiger partial charge in [-0.05, 0) is 43.3 Å². The number of hydrogen-bond acceptors (Lipinski definition) is 2. The molecule has 2 nitrogen and oxygen atoms in total. The molecule has 0 bridgehead atoms. The molecule has 2 rings (SSSR count). The third kappa shape index (κ3) is 3.39. The van der Waals surface area contributed by atoms with E-state index in [2.05, 4.69) is 18.8 Å². The van der Waals surface area contributed by atoms with Gasteiger partial charge in [-0.2, -0.15) is 0 Å². The maximum Gasteiger partial charge on any atom is 0.127 e. The van der Waals surface area contributed by atoms with Crippen molar-refractivity contribution in [2.45, 2.75) is 13.0 Å². The van der Waals surface area contributed by atoms with E-state index in [1.807, 2.05) is 60.7 Å². The van der Waals surface area contributed by atoms with E-state index in [1.165, 1.54) is 0 Å². The van der Waals surface area contributed by atoms with Crippen molar-refractivity contribution in [1.29, 1.82) is 0 Å². The zero-order valence-electron chi connectivity index (χ0n) is 10.5. The normalized spacial score (nSPS) is 11.6. The standard InChI is InChI=1S/C16H17NO/c1-3-13(2)17-14-9-11-16(12-10-14)18-15-7-5-4-6-8-15/h3-13,17H,1H2,2H3. The second-order valence-corrected chi connectivity index (χ2v) is 4.11. The highest BCUT2D eigenvalue weighted by Gasteiger charge is 1.99. The molecule has 0 saturated heterocycles. The number of rotatable bonds is 5. The molecule has 1 atom stereocenters. The van der Waals surface area contributed by atoms with Crippen molar-refractivity contribution in [2.75, 3.05) is 5.32 Å². The molecule has 0 radical (unpaired) electrons. The Morgan fingerprint density at radius 2 is 1.61 bits per heavy atom. The monoisotopic (exact) mass is 239 g/mol. The molecule has 1 N–H and O–H groups in total. The Morgan fingerprint density at radius 1 is 1.00 bits per heavy atom. The highest BCUT2D eigenvalue weighted by molar-refractivity contribution is 5.48. The second kappa shape index (κ2) is 5.92. The van der Waals surface area contributed by atoms with Crippen molar-refractivity contribution in [3.05, 3.63) is 67.3 Å². The lowest BCUT2D eigenvalue weighted by atomic mass is 10.2. The first-order chi connectivity index (χ1) is 8.78. The summed E-state index contributed by atoms with van der Waals surface area (Å²) < 4.78 is 5.72. The summed E-state index contributed by atoms with van der Waals surface area (Å²) in [6.07, 6.45) is 1.87. The van der Waals surface area contributed by atoms with E-state index in [9.17, 15) is 0 Å². The molecule has 2 heteroatoms. The van der Waals surface area contributed by atoms with Crippen LogP contribution < -0.4 is 10.1 Å². The van der Waals surface area contributed by atoms with E-state index >= 15 is 0 Å². The van der Waals surface area contributed by atoms with Crippen LogP contribution in [0.3, 0.4) is 0 Å². The minimum absolute atomic E-state index is 0.255. The Hall–Kier alpha value is -2.22. The number of anilines is 1. The van der Waals surface area contributed by atoms with E-state index in [-0.39, 0.29) is 6.04 Å². The van der Waals surface area contributed by atoms with E-state index in [0.717, 1.165) is 17.2 Å². The lowest BCUT2D eigenvalue weighted by Gasteiger charge is -2.11. The van der Waals surface area contributed by atoms with Gasteiger partial charge in [-0.1, -0.05) is 24.3 Å². The maximum absolute atomic E-state index is 5.72. The molecule has 0 heterocycles. The topological polar surface area (TPSA) is 21.3 Å². The SMILES string of the molecule is C=CC(C)Nc1ccc(Oc2ccccc2)cc1. The zero-order valence-corrected chi connectivity index (χ0v) is 10.5. The first-order valence-corrected chi connectivity index (χ1v) is 6.00. The van der Waals surface area contributed by atoms with Gasteiger partial charge in [-0.3, -0.25) is 0 Å². The fraction of sp³-hybridized carbons (Fsp3) is 0.125. The van der Waals surface area contributed by atoms with E-state index < -0.39 is 0 Å². The predicted octanol–water partition coefficient (Wildman–Crippen LogP) is 4.47. The molecule has 0 aromatic heterocycles. The maximum atomic E-state index is 5.72. The average Bonchev–Trinajstić information content (AvgIpc) is 2.42. The Bertz CT molecular complexity index is 490. The molecule has 0 aliphatic heterocycles. The summed E-state index contributed by atoms with van der Waals surface area (Å²) in [7, 11) is 0. The van der Waals surface area contributed by atoms with Crippen LogP contribution in [0.25, 0.3) is 0 Å². The van der Waals surface area contributed by atoms with Crippen LogP contribution in [0, 0.1) is 0 Å². The molecule has 0 fully saturated rings. The molecule has 0 aliphatic carbocycles. The molecular weight excluding hydrogens is 222 g/mol. The molecule has 2 aromatic carbocycles. The van der Waals surface area contributed by atoms with Crippen molar-refractivity contribution in [2.24, 2.45) is 0 Å². The lowest BCUT2D eigenvalue weighted by Crippen LogP contribution is -2.10. The van der Waals surface area contributed by atoms with Crippen LogP contribution in [0.2, 0.25) is 0 Å². The zero-order chi connectivity index (χ0) is 12.8. The number of nitrogens with one attached hydrogen (secondary N) is 1. The van der Waals surface area contributed by atoms with Crippen LogP contribution in [-0.2, 0) is 0 Å². The van der Waals surface area contributed by atoms with Gasteiger partial charge < -0.3 is 10.1 Å². The van der Waals surface area contributed by atoms with E-state index in [4.69, 9.17) is 4.74 Å². The molecule has 18 heavy (non-hydrogen) atoms. The summed E-state index contributed by atoms with van der Waals surface area (Å²) in [5.41, 5.74) is 1.06. The summed E-state index contributed by atoms with van der Waals surface area (Å²) in [5, 5.41) is 3.31. The van der Waals surface area contributed by atoms with Crippen molar-refractivity contribution < 1.29 is 4.74 Å². The van der Waals surface area contributed by atoms with Crippen molar-refractivity contribution >= 4 is 5.69 Å². The molecule has 0 spiro atoms. The van der Waals surface area contributed by atoms with Gasteiger partial charge in [0.1, 0.15) is 11.5 Å². The smallest absolute Gasteiger partial charge is 0.127 e. The highest BCUT2D eigenvalue weighted by Crippen LogP contribution is 2.22. The van der Waals surface area contributed by atoms with E-state index in [0.29, 0.717) is 0 Å². The first-order valence-electron chi connectivity index (χ1n) is 6.00. The first kappa shape index (κ1) is 12.2. The van der Waals surface area contributed by atoms with Crippen LogP contribution in [-0.4, -0.2) is 6.04 Å². The van der Waals surface area contributed by atoms with Crippen LogP contribution in [0.1, 0.15) is 6.92 Å². The Morgan fingerprint density at radius 3 is 2.22 bits per heavy atom. The van der Waals surface area contributed by atoms with Gasteiger partial charge in [0.15, 0.2) is 0 Å². The Labute approximate surface area is 108 Å². The summed E-state index contributed by atoms with van der Waals surface area (Å²) in [5.74, 6) is 1.68. The van der Waals surface area contributed by atoms with Crippen LogP contribution >= 0.6 is 0 Å². The molecule has 92 valence electrons. The highest BCUT2D eigenvalue weighted by atomic mass is 16.5. The van der Waals surface area contributed by atoms with E-state index in [1.54, 1.807) is 0 Å². The predicted molar refractivity (Wildman–Crippen MR) is 76.2 cm³/mol. The molecule has 0 saturated carbocycles. The number of ether oxygens (including phenoxy) is 1. The third-order valence-corrected chi connectivity index (χ3v) is 2.58. The third-order valence-electron chi connectivity index (χ3n) is 2.58. The quantitative estimate of drug-likeness (QED) is 0.777. The second-order valence-electron chi connectivity index (χ2n) is 4.11. The molecule has 0 aliphatic rings. The van der Waals surface area contributed by atoms with Gasteiger partial charge in [0, 0.05) is 11.7 Å². The number of para-hydroxylation sites is 1. The van der Waals surface area contributed by atoms with Crippen molar-refractivity contribution in [3.8, 4) is 11.5 Å². The summed E-state index contributed by atoms with van der Waals surface area (Å²) >= 11 is 0. The molecule has 1 unspecified atom stereocenters. The molecule has 0 amide bonds. The van der Waals surface area contributed by atoms with Crippen LogP contribution in [0.4, 0.5) is 5.69 Å². The van der Waals surface area contributed by atoms with Gasteiger partial charge in [-0.25, -0.2) is 0 Å². The summed E-state index contributed by atoms with van der Waals surface area (Å²) in [4.78, 5) is 0. The van der Waals surface area contributed by atoms with Gasteiger partial charge in [0.2, 0.25) is 0 Å². The average molecular weight is 239 g/mol. The van der Waals surface area contributed by atoms with Gasteiger partial charge >= 0.3 is 0 Å². The van der Waals surface area contributed by atoms with Crippen molar-refractivity contribution in [1.82, 2.24) is 0 Å². The van der Waals surface area contributed by atoms with Gasteiger partial charge in [0.25, 0.3) is 0 Å². The Kier molecular flexibility index (Phi) is 4.02. The number of hydrogen-bond donors (Lipinski definition) is 1. The summed E-state index contributed by atoms with van der Waals surface area (Å²) in [6, 6.07) is 17.9. The lowest BCUT2D eigenvalue weighted by molar-refractivity contribution is 0.483. The minimum Gasteiger partial charge on any atom is -0.457 e. The Balaban J connectivity index is 2.02. The van der Waals surface area contributed by atoms with Crippen molar-refractivity contribution in [3.63, 3.8) is 0 Å². The summed E-state index contributed by atoms with van der Waals surface area (Å²) in [6.45, 7) is 5.80. The fourth-order valence-corrected chi connectivity index (χ4v) is 1.57. The van der Waals surface area contributed by atoms with Crippen LogP contribution in [0.15, 0.2) is 67.3 Å². The minimum atomic E-state index is 0.255. The van der Waals surface area contributed by atoms with Crippen LogP contribution in [0.5, 0.6) is 11.5 Å². The fourth-order valence-electron chi connectivity index (χ4n) is 1.57. The van der Waals surface area contributed by atoms with Gasteiger partial charge in [-0.15, -0.1) is 6.58 Å². The largest absolute Gasteiger partial charge is 0.457 e. The molecular formula is C16H17NO. The molecule has 2 aromatic rings.